The molecule has 0 saturated heterocycles. The van der Waals surface area contributed by atoms with E-state index in [2.05, 4.69) is 15.9 Å². The summed E-state index contributed by atoms with van der Waals surface area (Å²) in [6.45, 7) is 0. The lowest BCUT2D eigenvalue weighted by Crippen LogP contribution is -2.08. The Kier molecular flexibility index (Phi) is 4.11. The number of hydrogen-bond donors (Lipinski definition) is 0. The van der Waals surface area contributed by atoms with Gasteiger partial charge < -0.3 is 0 Å². The minimum atomic E-state index is -0.856. The number of rotatable bonds is 2. The van der Waals surface area contributed by atoms with Crippen LogP contribution in [0.15, 0.2) is 40.9 Å². The third kappa shape index (κ3) is 2.61. The van der Waals surface area contributed by atoms with Crippen LogP contribution in [-0.4, -0.2) is 5.78 Å². The zero-order valence-corrected chi connectivity index (χ0v) is 12.6. The Bertz CT molecular complexity index is 608. The van der Waals surface area contributed by atoms with Crippen molar-refractivity contribution < 1.29 is 13.6 Å². The summed E-state index contributed by atoms with van der Waals surface area (Å²) >= 11 is 5.24. The van der Waals surface area contributed by atoms with Crippen molar-refractivity contribution in [2.24, 2.45) is 0 Å². The molecule has 18 heavy (non-hydrogen) atoms. The van der Waals surface area contributed by atoms with Crippen LogP contribution < -0.4 is 0 Å². The summed E-state index contributed by atoms with van der Waals surface area (Å²) < 4.78 is 28.4. The highest BCUT2D eigenvalue weighted by Crippen LogP contribution is 2.24. The Morgan fingerprint density at radius 2 is 1.72 bits per heavy atom. The van der Waals surface area contributed by atoms with Crippen LogP contribution in [0.5, 0.6) is 0 Å². The van der Waals surface area contributed by atoms with Gasteiger partial charge in [-0.15, -0.1) is 0 Å². The molecular weight excluding hydrogens is 417 g/mol. The average molecular weight is 423 g/mol. The van der Waals surface area contributed by atoms with Gasteiger partial charge in [-0.3, -0.25) is 4.79 Å². The van der Waals surface area contributed by atoms with Crippen molar-refractivity contribution in [1.82, 2.24) is 0 Å². The number of ketones is 1. The molecule has 0 spiro atoms. The van der Waals surface area contributed by atoms with E-state index in [1.807, 2.05) is 22.6 Å². The predicted molar refractivity (Wildman–Crippen MR) is 76.6 cm³/mol. The Morgan fingerprint density at radius 3 is 2.33 bits per heavy atom. The summed E-state index contributed by atoms with van der Waals surface area (Å²) in [5.74, 6) is -2.38. The van der Waals surface area contributed by atoms with Crippen molar-refractivity contribution in [3.63, 3.8) is 0 Å². The molecule has 0 heterocycles. The number of hydrogen-bond acceptors (Lipinski definition) is 1. The van der Waals surface area contributed by atoms with Crippen LogP contribution in [0.25, 0.3) is 0 Å². The quantitative estimate of drug-likeness (QED) is 0.512. The lowest BCUT2D eigenvalue weighted by Gasteiger charge is -2.06. The lowest BCUT2D eigenvalue weighted by atomic mass is 10.0. The maximum atomic E-state index is 13.5. The molecule has 0 aliphatic rings. The highest BCUT2D eigenvalue weighted by molar-refractivity contribution is 14.1. The summed E-state index contributed by atoms with van der Waals surface area (Å²) in [4.78, 5) is 12.1. The van der Waals surface area contributed by atoms with Crippen LogP contribution in [0.2, 0.25) is 0 Å². The van der Waals surface area contributed by atoms with Gasteiger partial charge in [-0.1, -0.05) is 22.0 Å². The standard InChI is InChI=1S/C13H6BrF2IO/c14-9-5-4-7(17)6-8(9)13(18)12-10(15)2-1-3-11(12)16/h1-6H. The maximum Gasteiger partial charge on any atom is 0.200 e. The van der Waals surface area contributed by atoms with E-state index in [0.717, 1.165) is 15.7 Å². The summed E-state index contributed by atoms with van der Waals surface area (Å²) in [5, 5.41) is 0. The van der Waals surface area contributed by atoms with Gasteiger partial charge in [0.15, 0.2) is 5.78 Å². The Balaban J connectivity index is 2.58. The van der Waals surface area contributed by atoms with Crippen molar-refractivity contribution in [3.8, 4) is 0 Å². The molecule has 0 amide bonds. The first-order valence-electron chi connectivity index (χ1n) is 4.94. The van der Waals surface area contributed by atoms with E-state index < -0.39 is 23.0 Å². The molecule has 2 rings (SSSR count). The van der Waals surface area contributed by atoms with E-state index in [4.69, 9.17) is 0 Å². The van der Waals surface area contributed by atoms with Crippen molar-refractivity contribution in [2.75, 3.05) is 0 Å². The minimum absolute atomic E-state index is 0.242. The molecule has 0 bridgehead atoms. The third-order valence-corrected chi connectivity index (χ3v) is 3.73. The largest absolute Gasteiger partial charge is 0.288 e. The van der Waals surface area contributed by atoms with Crippen LogP contribution in [0, 0.1) is 15.2 Å². The first-order valence-corrected chi connectivity index (χ1v) is 6.81. The van der Waals surface area contributed by atoms with E-state index in [-0.39, 0.29) is 5.56 Å². The molecule has 0 unspecified atom stereocenters. The van der Waals surface area contributed by atoms with Crippen LogP contribution >= 0.6 is 38.5 Å². The second-order valence-corrected chi connectivity index (χ2v) is 5.65. The zero-order valence-electron chi connectivity index (χ0n) is 8.88. The second kappa shape index (κ2) is 5.44. The normalized spacial score (nSPS) is 10.4. The molecular formula is C13H6BrF2IO. The van der Waals surface area contributed by atoms with Gasteiger partial charge in [0.1, 0.15) is 11.6 Å². The van der Waals surface area contributed by atoms with Crippen molar-refractivity contribution in [2.45, 2.75) is 0 Å². The van der Waals surface area contributed by atoms with Gasteiger partial charge in [0.2, 0.25) is 0 Å². The Labute approximate surface area is 124 Å². The topological polar surface area (TPSA) is 17.1 Å². The average Bonchev–Trinajstić information content (AvgIpc) is 2.32. The third-order valence-electron chi connectivity index (χ3n) is 2.36. The first-order chi connectivity index (χ1) is 8.50. The summed E-state index contributed by atoms with van der Waals surface area (Å²) in [6, 6.07) is 8.41. The molecule has 0 fully saturated rings. The number of carbonyl (C=O) groups is 1. The van der Waals surface area contributed by atoms with Gasteiger partial charge in [-0.05, 0) is 52.9 Å². The molecule has 0 radical (unpaired) electrons. The van der Waals surface area contributed by atoms with Gasteiger partial charge in [-0.25, -0.2) is 8.78 Å². The molecule has 0 atom stereocenters. The van der Waals surface area contributed by atoms with Crippen molar-refractivity contribution in [3.05, 3.63) is 67.2 Å². The number of carbonyl (C=O) groups excluding carboxylic acids is 1. The molecule has 0 aromatic heterocycles. The maximum absolute atomic E-state index is 13.5. The van der Waals surface area contributed by atoms with E-state index in [9.17, 15) is 13.6 Å². The predicted octanol–water partition coefficient (Wildman–Crippen LogP) is 4.56. The fourth-order valence-corrected chi connectivity index (χ4v) is 2.44. The molecule has 2 aromatic rings. The second-order valence-electron chi connectivity index (χ2n) is 3.55. The van der Waals surface area contributed by atoms with E-state index in [1.165, 1.54) is 6.07 Å². The highest BCUT2D eigenvalue weighted by Gasteiger charge is 2.20. The van der Waals surface area contributed by atoms with E-state index in [0.29, 0.717) is 4.47 Å². The van der Waals surface area contributed by atoms with Gasteiger partial charge in [-0.2, -0.15) is 0 Å². The Morgan fingerprint density at radius 1 is 1.11 bits per heavy atom. The molecule has 1 nitrogen and oxygen atoms in total. The number of benzene rings is 2. The van der Waals surface area contributed by atoms with Crippen LogP contribution in [0.3, 0.4) is 0 Å². The highest BCUT2D eigenvalue weighted by atomic mass is 127. The van der Waals surface area contributed by atoms with Gasteiger partial charge in [0.05, 0.1) is 5.56 Å². The summed E-state index contributed by atoms with van der Waals surface area (Å²) in [6.07, 6.45) is 0. The monoisotopic (exact) mass is 422 g/mol. The summed E-state index contributed by atoms with van der Waals surface area (Å²) in [5.41, 5.74) is -0.286. The Hall–Kier alpha value is -0.820. The van der Waals surface area contributed by atoms with Gasteiger partial charge in [0.25, 0.3) is 0 Å². The fraction of sp³-hybridized carbons (Fsp3) is 0. The van der Waals surface area contributed by atoms with Crippen LogP contribution in [0.1, 0.15) is 15.9 Å². The molecule has 0 N–H and O–H groups in total. The van der Waals surface area contributed by atoms with Gasteiger partial charge in [0, 0.05) is 13.6 Å². The SMILES string of the molecule is O=C(c1cc(I)ccc1Br)c1c(F)cccc1F. The lowest BCUT2D eigenvalue weighted by molar-refractivity contribution is 0.103. The van der Waals surface area contributed by atoms with E-state index >= 15 is 0 Å². The van der Waals surface area contributed by atoms with Crippen LogP contribution in [0.4, 0.5) is 8.78 Å². The smallest absolute Gasteiger partial charge is 0.200 e. The van der Waals surface area contributed by atoms with E-state index in [1.54, 1.807) is 18.2 Å². The van der Waals surface area contributed by atoms with Gasteiger partial charge >= 0.3 is 0 Å². The zero-order chi connectivity index (χ0) is 13.3. The fourth-order valence-electron chi connectivity index (χ4n) is 1.52. The molecule has 5 heteroatoms. The van der Waals surface area contributed by atoms with Crippen molar-refractivity contribution >= 4 is 44.3 Å². The van der Waals surface area contributed by atoms with Crippen LogP contribution in [-0.2, 0) is 0 Å². The molecule has 0 aliphatic heterocycles. The summed E-state index contributed by atoms with van der Waals surface area (Å²) in [7, 11) is 0. The molecule has 0 aliphatic carbocycles. The van der Waals surface area contributed by atoms with Crippen molar-refractivity contribution in [1.29, 1.82) is 0 Å². The first kappa shape index (κ1) is 13.6. The molecule has 0 saturated carbocycles. The molecule has 92 valence electrons. The minimum Gasteiger partial charge on any atom is -0.288 e. The number of halogens is 4. The molecule has 2 aromatic carbocycles.